The van der Waals surface area contributed by atoms with E-state index in [1.807, 2.05) is 0 Å². The van der Waals surface area contributed by atoms with Crippen molar-refractivity contribution >= 4 is 28.9 Å². The number of carbonyl (C=O) groups excluding carboxylic acids is 2. The van der Waals surface area contributed by atoms with Gasteiger partial charge in [-0.05, 0) is 31.0 Å². The molecule has 1 atom stereocenters. The number of benzene rings is 2. The van der Waals surface area contributed by atoms with Gasteiger partial charge < -0.3 is 15.4 Å². The van der Waals surface area contributed by atoms with Gasteiger partial charge in [0.1, 0.15) is 6.10 Å². The number of rotatable bonds is 6. The summed E-state index contributed by atoms with van der Waals surface area (Å²) in [6.45, 7) is 0.413. The van der Waals surface area contributed by atoms with E-state index in [-0.39, 0.29) is 16.9 Å². The summed E-state index contributed by atoms with van der Waals surface area (Å²) < 4.78 is 45.8. The number of para-hydroxylation sites is 1. The Labute approximate surface area is 174 Å². The topological polar surface area (TPSA) is 111 Å². The highest BCUT2D eigenvalue weighted by atomic mass is 19.4. The fourth-order valence-electron chi connectivity index (χ4n) is 3.18. The highest BCUT2D eigenvalue weighted by Gasteiger charge is 2.35. The van der Waals surface area contributed by atoms with Gasteiger partial charge in [0.05, 0.1) is 22.6 Å². The molecule has 2 N–H and O–H groups in total. The minimum absolute atomic E-state index is 0.0685. The number of halogens is 3. The number of anilines is 2. The maximum Gasteiger partial charge on any atom is 0.418 e. The average molecular weight is 437 g/mol. The smallest absolute Gasteiger partial charge is 0.368 e. The van der Waals surface area contributed by atoms with Crippen molar-refractivity contribution in [3.8, 4) is 0 Å². The second-order valence-electron chi connectivity index (χ2n) is 6.86. The minimum Gasteiger partial charge on any atom is -0.368 e. The molecule has 31 heavy (non-hydrogen) atoms. The number of nitro benzene ring substituents is 1. The number of hydrogen-bond donors (Lipinski definition) is 2. The van der Waals surface area contributed by atoms with E-state index in [1.165, 1.54) is 30.3 Å². The van der Waals surface area contributed by atoms with Gasteiger partial charge in [0, 0.05) is 23.9 Å². The number of nitrogens with zero attached hydrogens (tertiary/aromatic N) is 1. The summed E-state index contributed by atoms with van der Waals surface area (Å²) in [7, 11) is 0. The van der Waals surface area contributed by atoms with Crippen LogP contribution in [-0.4, -0.2) is 29.4 Å². The number of hydrogen-bond acceptors (Lipinski definition) is 5. The number of amides is 2. The Hall–Kier alpha value is -3.47. The summed E-state index contributed by atoms with van der Waals surface area (Å²) >= 11 is 0. The van der Waals surface area contributed by atoms with Crippen molar-refractivity contribution in [1.82, 2.24) is 0 Å². The molecule has 0 radical (unpaired) electrons. The van der Waals surface area contributed by atoms with Crippen LogP contribution in [0.5, 0.6) is 0 Å². The maximum absolute atomic E-state index is 13.5. The molecule has 1 saturated heterocycles. The summed E-state index contributed by atoms with van der Waals surface area (Å²) in [5, 5.41) is 15.6. The molecule has 2 aromatic carbocycles. The summed E-state index contributed by atoms with van der Waals surface area (Å²) in [6.07, 6.45) is -4.83. The first-order valence-electron chi connectivity index (χ1n) is 9.31. The van der Waals surface area contributed by atoms with Crippen LogP contribution in [0, 0.1) is 10.1 Å². The van der Waals surface area contributed by atoms with E-state index in [1.54, 1.807) is 0 Å². The molecule has 11 heteroatoms. The fourth-order valence-corrected chi connectivity index (χ4v) is 3.18. The van der Waals surface area contributed by atoms with E-state index >= 15 is 0 Å². The lowest BCUT2D eigenvalue weighted by atomic mass is 10.1. The molecule has 164 valence electrons. The Kier molecular flexibility index (Phi) is 6.54. The van der Waals surface area contributed by atoms with Crippen LogP contribution in [0.2, 0.25) is 0 Å². The molecule has 1 fully saturated rings. The van der Waals surface area contributed by atoms with Gasteiger partial charge >= 0.3 is 6.18 Å². The minimum atomic E-state index is -4.81. The predicted molar refractivity (Wildman–Crippen MR) is 104 cm³/mol. The van der Waals surface area contributed by atoms with E-state index in [0.29, 0.717) is 25.5 Å². The molecule has 2 amide bonds. The molecule has 1 aliphatic heterocycles. The van der Waals surface area contributed by atoms with E-state index in [9.17, 15) is 32.9 Å². The molecule has 0 aromatic heterocycles. The van der Waals surface area contributed by atoms with Crippen LogP contribution >= 0.6 is 0 Å². The van der Waals surface area contributed by atoms with Gasteiger partial charge in [-0.1, -0.05) is 18.2 Å². The van der Waals surface area contributed by atoms with Crippen LogP contribution in [0.1, 0.15) is 24.0 Å². The number of alkyl halides is 3. The van der Waals surface area contributed by atoms with Crippen LogP contribution in [0.15, 0.2) is 42.5 Å². The van der Waals surface area contributed by atoms with Crippen molar-refractivity contribution in [1.29, 1.82) is 0 Å². The molecule has 2 aromatic rings. The molecule has 3 rings (SSSR count). The lowest BCUT2D eigenvalue weighted by molar-refractivity contribution is -0.385. The van der Waals surface area contributed by atoms with E-state index in [2.05, 4.69) is 10.6 Å². The number of nitro groups is 1. The van der Waals surface area contributed by atoms with Crippen molar-refractivity contribution < 1.29 is 32.4 Å². The summed E-state index contributed by atoms with van der Waals surface area (Å²) in [5.74, 6) is -1.39. The first-order valence-corrected chi connectivity index (χ1v) is 9.31. The van der Waals surface area contributed by atoms with Gasteiger partial charge in [-0.15, -0.1) is 0 Å². The molecule has 1 unspecified atom stereocenters. The molecule has 1 aliphatic rings. The zero-order valence-electron chi connectivity index (χ0n) is 16.1. The normalized spacial score (nSPS) is 16.0. The van der Waals surface area contributed by atoms with Crippen LogP contribution in [0.25, 0.3) is 0 Å². The molecular formula is C20H18F3N3O5. The average Bonchev–Trinajstić information content (AvgIpc) is 3.23. The van der Waals surface area contributed by atoms with Gasteiger partial charge in [-0.2, -0.15) is 13.2 Å². The second kappa shape index (κ2) is 9.13. The van der Waals surface area contributed by atoms with Crippen molar-refractivity contribution in [3.05, 3.63) is 63.7 Å². The Morgan fingerprint density at radius 3 is 2.55 bits per heavy atom. The maximum atomic E-state index is 13.5. The Balaban J connectivity index is 1.78. The molecule has 1 heterocycles. The van der Waals surface area contributed by atoms with Crippen molar-refractivity contribution in [2.45, 2.75) is 31.5 Å². The van der Waals surface area contributed by atoms with Crippen LogP contribution in [0.3, 0.4) is 0 Å². The zero-order chi connectivity index (χ0) is 22.6. The van der Waals surface area contributed by atoms with Crippen LogP contribution < -0.4 is 10.6 Å². The fraction of sp³-hybridized carbons (Fsp3) is 0.300. The third-order valence-corrected chi connectivity index (χ3v) is 4.63. The monoisotopic (exact) mass is 437 g/mol. The molecular weight excluding hydrogens is 419 g/mol. The SMILES string of the molecule is O=C(Cc1ccccc1[N+](=O)[O-])Nc1ccc(NC(=O)C2CCCO2)cc1C(F)(F)F. The largest absolute Gasteiger partial charge is 0.418 e. The standard InChI is InChI=1S/C20H18F3N3O5/c21-20(22,23)14-11-13(24-19(28)17-6-3-9-31-17)7-8-15(14)25-18(27)10-12-4-1-2-5-16(12)26(29)30/h1-2,4-5,7-8,11,17H,3,6,9-10H2,(H,24,28)(H,25,27). The van der Waals surface area contributed by atoms with Gasteiger partial charge in [-0.3, -0.25) is 19.7 Å². The number of carbonyl (C=O) groups is 2. The van der Waals surface area contributed by atoms with Crippen molar-refractivity contribution in [3.63, 3.8) is 0 Å². The zero-order valence-corrected chi connectivity index (χ0v) is 16.1. The Bertz CT molecular complexity index is 1000. The molecule has 0 saturated carbocycles. The Morgan fingerprint density at radius 1 is 1.16 bits per heavy atom. The Morgan fingerprint density at radius 2 is 1.90 bits per heavy atom. The molecule has 0 bridgehead atoms. The quantitative estimate of drug-likeness (QED) is 0.526. The van der Waals surface area contributed by atoms with E-state index in [4.69, 9.17) is 4.74 Å². The third-order valence-electron chi connectivity index (χ3n) is 4.63. The van der Waals surface area contributed by atoms with E-state index in [0.717, 1.165) is 6.07 Å². The second-order valence-corrected chi connectivity index (χ2v) is 6.86. The summed E-state index contributed by atoms with van der Waals surface area (Å²) in [5.41, 5.74) is -2.01. The van der Waals surface area contributed by atoms with Crippen LogP contribution in [-0.2, 0) is 26.9 Å². The van der Waals surface area contributed by atoms with Crippen LogP contribution in [0.4, 0.5) is 30.2 Å². The summed E-state index contributed by atoms with van der Waals surface area (Å²) in [4.78, 5) is 34.7. The molecule has 8 nitrogen and oxygen atoms in total. The first kappa shape index (κ1) is 22.2. The van der Waals surface area contributed by atoms with Gasteiger partial charge in [0.25, 0.3) is 11.6 Å². The predicted octanol–water partition coefficient (Wildman–Crippen LogP) is 3.91. The van der Waals surface area contributed by atoms with E-state index < -0.39 is 46.7 Å². The lowest BCUT2D eigenvalue weighted by Gasteiger charge is -2.17. The van der Waals surface area contributed by atoms with Gasteiger partial charge in [0.2, 0.25) is 5.91 Å². The summed E-state index contributed by atoms with van der Waals surface area (Å²) in [6, 6.07) is 8.43. The third kappa shape index (κ3) is 5.57. The lowest BCUT2D eigenvalue weighted by Crippen LogP contribution is -2.27. The highest BCUT2D eigenvalue weighted by Crippen LogP contribution is 2.37. The molecule has 0 aliphatic carbocycles. The highest BCUT2D eigenvalue weighted by molar-refractivity contribution is 5.96. The first-order chi connectivity index (χ1) is 14.6. The van der Waals surface area contributed by atoms with Gasteiger partial charge in [-0.25, -0.2) is 0 Å². The van der Waals surface area contributed by atoms with Crippen molar-refractivity contribution in [2.24, 2.45) is 0 Å². The molecule has 0 spiro atoms. The number of nitrogens with one attached hydrogen (secondary N) is 2. The van der Waals surface area contributed by atoms with Gasteiger partial charge in [0.15, 0.2) is 0 Å². The number of ether oxygens (including phenoxy) is 1. The van der Waals surface area contributed by atoms with Crippen molar-refractivity contribution in [2.75, 3.05) is 17.2 Å².